The van der Waals surface area contributed by atoms with E-state index in [2.05, 4.69) is 15.5 Å². The lowest BCUT2D eigenvalue weighted by atomic mass is 10.1. The standard InChI is InChI=1S/C15H24N4O2/c1-11-5-6-13(18-17-11)16-9-12-7-8-19(10-12)14(20)21-15(2,3)4/h5-6,12H,7-10H2,1-4H3,(H,16,18). The number of ether oxygens (including phenoxy) is 1. The van der Waals surface area contributed by atoms with Crippen molar-refractivity contribution in [2.24, 2.45) is 5.92 Å². The van der Waals surface area contributed by atoms with Crippen LogP contribution in [0.25, 0.3) is 0 Å². The van der Waals surface area contributed by atoms with E-state index in [0.29, 0.717) is 5.92 Å². The number of amides is 1. The average Bonchev–Trinajstić information content (AvgIpc) is 2.85. The third-order valence-corrected chi connectivity index (χ3v) is 3.31. The van der Waals surface area contributed by atoms with Crippen molar-refractivity contribution in [2.75, 3.05) is 25.0 Å². The first-order valence-electron chi connectivity index (χ1n) is 7.35. The van der Waals surface area contributed by atoms with Gasteiger partial charge in [0.05, 0.1) is 5.69 Å². The lowest BCUT2D eigenvalue weighted by Gasteiger charge is -2.24. The van der Waals surface area contributed by atoms with Crippen LogP contribution in [0.1, 0.15) is 32.9 Å². The maximum atomic E-state index is 12.0. The zero-order valence-electron chi connectivity index (χ0n) is 13.2. The molecule has 116 valence electrons. The molecule has 21 heavy (non-hydrogen) atoms. The number of nitrogens with one attached hydrogen (secondary N) is 1. The summed E-state index contributed by atoms with van der Waals surface area (Å²) in [6.07, 6.45) is 0.756. The van der Waals surface area contributed by atoms with Crippen molar-refractivity contribution in [3.05, 3.63) is 17.8 Å². The van der Waals surface area contributed by atoms with Crippen LogP contribution in [0.2, 0.25) is 0 Å². The Kier molecular flexibility index (Phi) is 4.65. The molecule has 1 fully saturated rings. The third kappa shape index (κ3) is 4.88. The maximum absolute atomic E-state index is 12.0. The second kappa shape index (κ2) is 6.28. The minimum Gasteiger partial charge on any atom is -0.444 e. The molecule has 1 saturated heterocycles. The van der Waals surface area contributed by atoms with Gasteiger partial charge in [-0.05, 0) is 52.2 Å². The van der Waals surface area contributed by atoms with Gasteiger partial charge < -0.3 is 15.0 Å². The highest BCUT2D eigenvalue weighted by Crippen LogP contribution is 2.19. The monoisotopic (exact) mass is 292 g/mol. The summed E-state index contributed by atoms with van der Waals surface area (Å²) in [6, 6.07) is 3.85. The van der Waals surface area contributed by atoms with Gasteiger partial charge in [-0.2, -0.15) is 5.10 Å². The van der Waals surface area contributed by atoms with E-state index in [9.17, 15) is 4.79 Å². The largest absolute Gasteiger partial charge is 0.444 e. The molecular weight excluding hydrogens is 268 g/mol. The van der Waals surface area contributed by atoms with Crippen molar-refractivity contribution in [3.63, 3.8) is 0 Å². The second-order valence-electron chi connectivity index (χ2n) is 6.52. The zero-order chi connectivity index (χ0) is 15.5. The Balaban J connectivity index is 1.77. The first-order chi connectivity index (χ1) is 9.83. The fourth-order valence-corrected chi connectivity index (χ4v) is 2.23. The SMILES string of the molecule is Cc1ccc(NCC2CCN(C(=O)OC(C)(C)C)C2)nn1. The molecule has 0 aliphatic carbocycles. The molecule has 1 aliphatic rings. The highest BCUT2D eigenvalue weighted by molar-refractivity contribution is 5.68. The summed E-state index contributed by atoms with van der Waals surface area (Å²) in [5, 5.41) is 11.4. The Morgan fingerprint density at radius 3 is 2.81 bits per heavy atom. The number of aromatic nitrogens is 2. The Morgan fingerprint density at radius 2 is 2.19 bits per heavy atom. The molecule has 1 aromatic rings. The van der Waals surface area contributed by atoms with E-state index >= 15 is 0 Å². The summed E-state index contributed by atoms with van der Waals surface area (Å²) < 4.78 is 5.39. The van der Waals surface area contributed by atoms with E-state index in [1.807, 2.05) is 39.8 Å². The number of nitrogens with zero attached hydrogens (tertiary/aromatic N) is 3. The molecule has 0 aromatic carbocycles. The summed E-state index contributed by atoms with van der Waals surface area (Å²) >= 11 is 0. The summed E-state index contributed by atoms with van der Waals surface area (Å²) in [6.45, 7) is 9.83. The van der Waals surface area contributed by atoms with Crippen LogP contribution in [0.5, 0.6) is 0 Å². The predicted molar refractivity (Wildman–Crippen MR) is 81.2 cm³/mol. The van der Waals surface area contributed by atoms with Crippen LogP contribution < -0.4 is 5.32 Å². The van der Waals surface area contributed by atoms with Gasteiger partial charge in [0.2, 0.25) is 0 Å². The van der Waals surface area contributed by atoms with Crippen LogP contribution >= 0.6 is 0 Å². The van der Waals surface area contributed by atoms with Crippen LogP contribution in [-0.2, 0) is 4.74 Å². The van der Waals surface area contributed by atoms with E-state index in [1.165, 1.54) is 0 Å². The van der Waals surface area contributed by atoms with Gasteiger partial charge >= 0.3 is 6.09 Å². The topological polar surface area (TPSA) is 67.4 Å². The van der Waals surface area contributed by atoms with Crippen molar-refractivity contribution in [1.82, 2.24) is 15.1 Å². The smallest absolute Gasteiger partial charge is 0.410 e. The van der Waals surface area contributed by atoms with Crippen LogP contribution in [0.4, 0.5) is 10.6 Å². The third-order valence-electron chi connectivity index (χ3n) is 3.31. The molecule has 1 aliphatic heterocycles. The van der Waals surface area contributed by atoms with E-state index in [-0.39, 0.29) is 6.09 Å². The van der Waals surface area contributed by atoms with Crippen molar-refractivity contribution in [2.45, 2.75) is 39.7 Å². The van der Waals surface area contributed by atoms with Gasteiger partial charge in [0.1, 0.15) is 11.4 Å². The highest BCUT2D eigenvalue weighted by Gasteiger charge is 2.29. The summed E-state index contributed by atoms with van der Waals surface area (Å²) in [4.78, 5) is 13.8. The minimum atomic E-state index is -0.440. The summed E-state index contributed by atoms with van der Waals surface area (Å²) in [5.41, 5.74) is 0.461. The number of hydrogen-bond donors (Lipinski definition) is 1. The van der Waals surface area contributed by atoms with Crippen LogP contribution in [0.3, 0.4) is 0 Å². The molecule has 0 saturated carbocycles. The van der Waals surface area contributed by atoms with E-state index in [0.717, 1.165) is 37.6 Å². The van der Waals surface area contributed by atoms with Crippen molar-refractivity contribution in [1.29, 1.82) is 0 Å². The van der Waals surface area contributed by atoms with Gasteiger partial charge in [-0.25, -0.2) is 4.79 Å². The van der Waals surface area contributed by atoms with E-state index in [1.54, 1.807) is 4.90 Å². The molecule has 1 aromatic heterocycles. The number of carbonyl (C=O) groups excluding carboxylic acids is 1. The summed E-state index contributed by atoms with van der Waals surface area (Å²) in [7, 11) is 0. The number of hydrogen-bond acceptors (Lipinski definition) is 5. The first-order valence-corrected chi connectivity index (χ1v) is 7.35. The predicted octanol–water partition coefficient (Wildman–Crippen LogP) is 2.45. The van der Waals surface area contributed by atoms with E-state index < -0.39 is 5.60 Å². The Hall–Kier alpha value is -1.85. The molecule has 1 amide bonds. The minimum absolute atomic E-state index is 0.222. The van der Waals surface area contributed by atoms with Crippen LogP contribution in [-0.4, -0.2) is 46.4 Å². The van der Waals surface area contributed by atoms with Crippen LogP contribution in [0.15, 0.2) is 12.1 Å². The van der Waals surface area contributed by atoms with Crippen molar-refractivity contribution in [3.8, 4) is 0 Å². The lowest BCUT2D eigenvalue weighted by Crippen LogP contribution is -2.35. The summed E-state index contributed by atoms with van der Waals surface area (Å²) in [5.74, 6) is 1.19. The van der Waals surface area contributed by atoms with Crippen molar-refractivity contribution < 1.29 is 9.53 Å². The fraction of sp³-hybridized carbons (Fsp3) is 0.667. The van der Waals surface area contributed by atoms with Crippen LogP contribution in [0, 0.1) is 12.8 Å². The lowest BCUT2D eigenvalue weighted by molar-refractivity contribution is 0.0289. The zero-order valence-corrected chi connectivity index (χ0v) is 13.2. The van der Waals surface area contributed by atoms with Crippen molar-refractivity contribution >= 4 is 11.9 Å². The number of aryl methyl sites for hydroxylation is 1. The molecule has 1 atom stereocenters. The number of anilines is 1. The van der Waals surface area contributed by atoms with E-state index in [4.69, 9.17) is 4.74 Å². The molecule has 1 unspecified atom stereocenters. The van der Waals surface area contributed by atoms with Gasteiger partial charge in [-0.15, -0.1) is 5.10 Å². The molecule has 0 bridgehead atoms. The maximum Gasteiger partial charge on any atom is 0.410 e. The molecule has 0 radical (unpaired) electrons. The highest BCUT2D eigenvalue weighted by atomic mass is 16.6. The molecule has 6 nitrogen and oxygen atoms in total. The Bertz CT molecular complexity index is 481. The van der Waals surface area contributed by atoms with Gasteiger partial charge in [0.25, 0.3) is 0 Å². The molecule has 0 spiro atoms. The molecule has 1 N–H and O–H groups in total. The fourth-order valence-electron chi connectivity index (χ4n) is 2.23. The molecule has 2 heterocycles. The number of rotatable bonds is 3. The molecule has 6 heteroatoms. The van der Waals surface area contributed by atoms with Gasteiger partial charge in [0, 0.05) is 19.6 Å². The second-order valence-corrected chi connectivity index (χ2v) is 6.52. The quantitative estimate of drug-likeness (QED) is 0.927. The molecular formula is C15H24N4O2. The normalized spacial score (nSPS) is 18.7. The number of carbonyl (C=O) groups is 1. The number of likely N-dealkylation sites (tertiary alicyclic amines) is 1. The van der Waals surface area contributed by atoms with Gasteiger partial charge in [-0.3, -0.25) is 0 Å². The molecule has 2 rings (SSSR count). The van der Waals surface area contributed by atoms with Gasteiger partial charge in [-0.1, -0.05) is 0 Å². The Morgan fingerprint density at radius 1 is 1.43 bits per heavy atom. The average molecular weight is 292 g/mol. The first kappa shape index (κ1) is 15.5. The Labute approximate surface area is 125 Å². The van der Waals surface area contributed by atoms with Gasteiger partial charge in [0.15, 0.2) is 0 Å².